The Bertz CT molecular complexity index is 1080. The molecule has 5 heteroatoms. The van der Waals surface area contributed by atoms with Crippen molar-refractivity contribution >= 4 is 49.4 Å². The molecule has 0 N–H and O–H groups in total. The maximum Gasteiger partial charge on any atom is 0.238 e. The summed E-state index contributed by atoms with van der Waals surface area (Å²) >= 11 is 5.74. The van der Waals surface area contributed by atoms with Crippen molar-refractivity contribution in [1.82, 2.24) is 0 Å². The Labute approximate surface area is 208 Å². The fraction of sp³-hybridized carbons (Fsp3) is 0.0769. The van der Waals surface area contributed by atoms with Gasteiger partial charge in [0, 0.05) is 11.4 Å². The Morgan fingerprint density at radius 3 is 1.81 bits per heavy atom. The van der Waals surface area contributed by atoms with E-state index < -0.39 is 6.29 Å². The highest BCUT2D eigenvalue weighted by Crippen LogP contribution is 2.32. The first-order valence-electron chi connectivity index (χ1n) is 9.83. The molecule has 0 saturated carbocycles. The van der Waals surface area contributed by atoms with Gasteiger partial charge in [0.15, 0.2) is 14.7 Å². The van der Waals surface area contributed by atoms with Gasteiger partial charge in [0.1, 0.15) is 11.5 Å². The van der Waals surface area contributed by atoms with Crippen molar-refractivity contribution in [2.75, 3.05) is 0 Å². The van der Waals surface area contributed by atoms with E-state index in [4.69, 9.17) is 9.47 Å². The molecule has 1 atom stereocenters. The monoisotopic (exact) mass is 603 g/mol. The Morgan fingerprint density at radius 1 is 0.710 bits per heavy atom. The molecule has 1 unspecified atom stereocenters. The van der Waals surface area contributed by atoms with Crippen LogP contribution in [0, 0.1) is 3.57 Å². The molecule has 0 amide bonds. The fourth-order valence-electron chi connectivity index (χ4n) is 3.14. The van der Waals surface area contributed by atoms with E-state index in [1.165, 1.54) is 14.7 Å². The first kappa shape index (κ1) is 22.2. The van der Waals surface area contributed by atoms with E-state index in [9.17, 15) is 0 Å². The minimum atomic E-state index is -0.401. The number of ether oxygens (including phenoxy) is 2. The van der Waals surface area contributed by atoms with Crippen LogP contribution in [0.25, 0.3) is 0 Å². The number of rotatable bonds is 7. The molecule has 4 rings (SSSR count). The predicted molar refractivity (Wildman–Crippen MR) is 139 cm³/mol. The van der Waals surface area contributed by atoms with Gasteiger partial charge >= 0.3 is 0 Å². The van der Waals surface area contributed by atoms with Crippen molar-refractivity contribution < 1.29 is 9.47 Å². The van der Waals surface area contributed by atoms with Gasteiger partial charge in [0.25, 0.3) is 0 Å². The van der Waals surface area contributed by atoms with Gasteiger partial charge in [0.2, 0.25) is 6.29 Å². The highest BCUT2D eigenvalue weighted by Gasteiger charge is 2.28. The summed E-state index contributed by atoms with van der Waals surface area (Å²) in [5.41, 5.74) is 0. The van der Waals surface area contributed by atoms with Crippen LogP contribution in [-0.4, -0.2) is 6.29 Å². The van der Waals surface area contributed by atoms with Crippen LogP contribution < -0.4 is 9.47 Å². The smallest absolute Gasteiger partial charge is 0.238 e. The first-order chi connectivity index (χ1) is 15.1. The molecule has 2 nitrogen and oxygen atoms in total. The molecular weight excluding hydrogens is 583 g/mol. The second-order valence-electron chi connectivity index (χ2n) is 6.78. The molecule has 0 fully saturated rings. The zero-order valence-corrected chi connectivity index (χ0v) is 21.4. The summed E-state index contributed by atoms with van der Waals surface area (Å²) in [5.74, 6) is 1.59. The molecule has 0 aromatic heterocycles. The van der Waals surface area contributed by atoms with E-state index in [0.29, 0.717) is 0 Å². The van der Waals surface area contributed by atoms with E-state index >= 15 is 0 Å². The van der Waals surface area contributed by atoms with Gasteiger partial charge in [-0.05, 0) is 89.3 Å². The molecule has 0 bridgehead atoms. The molecule has 0 saturated heterocycles. The molecule has 0 aliphatic rings. The van der Waals surface area contributed by atoms with Crippen molar-refractivity contribution in [1.29, 1.82) is 0 Å². The summed E-state index contributed by atoms with van der Waals surface area (Å²) in [6.45, 7) is 1.91. The van der Waals surface area contributed by atoms with Crippen LogP contribution in [0.3, 0.4) is 0 Å². The van der Waals surface area contributed by atoms with E-state index in [-0.39, 0.29) is 10.9 Å². The van der Waals surface area contributed by atoms with Gasteiger partial charge in [-0.2, -0.15) is 0 Å². The summed E-state index contributed by atoms with van der Waals surface area (Å²) in [5, 5.41) is 0. The number of benzene rings is 4. The van der Waals surface area contributed by atoms with Crippen LogP contribution in [0.4, 0.5) is 0 Å². The Morgan fingerprint density at radius 2 is 1.26 bits per heavy atom. The van der Waals surface area contributed by atoms with E-state index in [1.807, 2.05) is 37.3 Å². The Hall–Kier alpha value is -1.96. The summed E-state index contributed by atoms with van der Waals surface area (Å²) in [6.07, 6.45) is -0.401. The van der Waals surface area contributed by atoms with E-state index in [1.54, 1.807) is 0 Å². The Kier molecular flexibility index (Phi) is 7.58. The zero-order valence-electron chi connectivity index (χ0n) is 16.9. The normalized spacial score (nSPS) is 11.9. The standard InChI is InChI=1S/C26H21BrIO2S/c1-19(30-26-17-12-20(27)18-25(26)28)29-21-13-15-24(16-14-21)31(22-8-4-2-5-9-22)23-10-6-3-7-11-23/h2-19H,1H3/q+1. The van der Waals surface area contributed by atoms with Gasteiger partial charge in [0.05, 0.1) is 14.5 Å². The molecule has 31 heavy (non-hydrogen) atoms. The maximum atomic E-state index is 6.02. The Balaban J connectivity index is 1.52. The van der Waals surface area contributed by atoms with Crippen molar-refractivity contribution in [2.24, 2.45) is 0 Å². The van der Waals surface area contributed by atoms with Crippen LogP contribution in [0.1, 0.15) is 6.92 Å². The van der Waals surface area contributed by atoms with Crippen molar-refractivity contribution in [3.63, 3.8) is 0 Å². The zero-order chi connectivity index (χ0) is 21.6. The average Bonchev–Trinajstić information content (AvgIpc) is 2.79. The molecule has 0 radical (unpaired) electrons. The molecule has 0 heterocycles. The first-order valence-corrected chi connectivity index (χ1v) is 12.9. The second kappa shape index (κ2) is 10.6. The lowest BCUT2D eigenvalue weighted by molar-refractivity contribution is 0.0216. The largest absolute Gasteiger partial charge is 0.455 e. The van der Waals surface area contributed by atoms with Gasteiger partial charge < -0.3 is 9.47 Å². The quantitative estimate of drug-likeness (QED) is 0.121. The predicted octanol–water partition coefficient (Wildman–Crippen LogP) is 7.95. The van der Waals surface area contributed by atoms with Crippen LogP contribution in [0.2, 0.25) is 0 Å². The number of hydrogen-bond donors (Lipinski definition) is 0. The highest BCUT2D eigenvalue weighted by molar-refractivity contribution is 14.1. The SMILES string of the molecule is CC(Oc1ccc([S+](c2ccccc2)c2ccccc2)cc1)Oc1ccc(Br)cc1I. The molecule has 4 aromatic rings. The third-order valence-electron chi connectivity index (χ3n) is 4.51. The van der Waals surface area contributed by atoms with E-state index in [0.717, 1.165) is 19.5 Å². The van der Waals surface area contributed by atoms with Gasteiger partial charge in [-0.1, -0.05) is 52.3 Å². The van der Waals surface area contributed by atoms with Gasteiger partial charge in [-0.3, -0.25) is 0 Å². The van der Waals surface area contributed by atoms with Crippen molar-refractivity contribution in [3.8, 4) is 11.5 Å². The maximum absolute atomic E-state index is 6.02. The minimum absolute atomic E-state index is 0.165. The lowest BCUT2D eigenvalue weighted by Gasteiger charge is -2.18. The van der Waals surface area contributed by atoms with E-state index in [2.05, 4.69) is 111 Å². The lowest BCUT2D eigenvalue weighted by Crippen LogP contribution is -2.20. The average molecular weight is 604 g/mol. The highest BCUT2D eigenvalue weighted by atomic mass is 127. The second-order valence-corrected chi connectivity index (χ2v) is 10.9. The van der Waals surface area contributed by atoms with Gasteiger partial charge in [-0.25, -0.2) is 0 Å². The summed E-state index contributed by atoms with van der Waals surface area (Å²) < 4.78 is 14.1. The summed E-state index contributed by atoms with van der Waals surface area (Å²) in [4.78, 5) is 3.84. The lowest BCUT2D eigenvalue weighted by atomic mass is 10.3. The molecule has 4 aromatic carbocycles. The third-order valence-corrected chi connectivity index (χ3v) is 8.07. The summed E-state index contributed by atoms with van der Waals surface area (Å²) in [7, 11) is -0.165. The van der Waals surface area contributed by atoms with Crippen molar-refractivity contribution in [2.45, 2.75) is 27.9 Å². The summed E-state index contributed by atoms with van der Waals surface area (Å²) in [6, 6.07) is 35.5. The van der Waals surface area contributed by atoms with Crippen LogP contribution in [-0.2, 0) is 10.9 Å². The van der Waals surface area contributed by atoms with Crippen LogP contribution in [0.15, 0.2) is 122 Å². The van der Waals surface area contributed by atoms with Crippen LogP contribution >= 0.6 is 38.5 Å². The van der Waals surface area contributed by atoms with Gasteiger partial charge in [-0.15, -0.1) is 0 Å². The molecule has 0 aliphatic carbocycles. The number of hydrogen-bond acceptors (Lipinski definition) is 2. The fourth-order valence-corrected chi connectivity index (χ4v) is 6.66. The molecule has 0 spiro atoms. The molecule has 156 valence electrons. The molecular formula is C26H21BrIO2S+. The van der Waals surface area contributed by atoms with Crippen molar-refractivity contribution in [3.05, 3.63) is 111 Å². The minimum Gasteiger partial charge on any atom is -0.455 e. The van der Waals surface area contributed by atoms with Crippen LogP contribution in [0.5, 0.6) is 11.5 Å². The number of halogens is 2. The topological polar surface area (TPSA) is 18.5 Å². The molecule has 0 aliphatic heterocycles. The third kappa shape index (κ3) is 5.84.